The molecule has 0 amide bonds. The third-order valence-electron chi connectivity index (χ3n) is 4.72. The number of nitrogens with zero attached hydrogens (tertiary/aromatic N) is 2. The lowest BCUT2D eigenvalue weighted by Gasteiger charge is -2.46. The number of benzene rings is 2. The second kappa shape index (κ2) is 6.04. The second-order valence-electron chi connectivity index (χ2n) is 6.67. The van der Waals surface area contributed by atoms with Crippen LogP contribution in [0, 0.1) is 13.8 Å². The predicted molar refractivity (Wildman–Crippen MR) is 96.0 cm³/mol. The summed E-state index contributed by atoms with van der Waals surface area (Å²) < 4.78 is 0. The molecular formula is C20H26N2. The molecule has 0 bridgehead atoms. The van der Waals surface area contributed by atoms with E-state index in [1.807, 2.05) is 0 Å². The molecule has 0 aliphatic carbocycles. The largest absolute Gasteiger partial charge is 0.365 e. The number of piperazine rings is 1. The van der Waals surface area contributed by atoms with Crippen molar-refractivity contribution >= 4 is 11.4 Å². The Kier molecular flexibility index (Phi) is 4.10. The van der Waals surface area contributed by atoms with Crippen molar-refractivity contribution in [1.29, 1.82) is 0 Å². The van der Waals surface area contributed by atoms with Crippen LogP contribution in [0.25, 0.3) is 0 Å². The highest BCUT2D eigenvalue weighted by Gasteiger charge is 2.29. The minimum atomic E-state index is 0.514. The molecule has 1 saturated heterocycles. The zero-order valence-electron chi connectivity index (χ0n) is 14.1. The molecule has 0 aromatic heterocycles. The molecule has 0 radical (unpaired) electrons. The Hall–Kier alpha value is -1.96. The molecule has 1 heterocycles. The summed E-state index contributed by atoms with van der Waals surface area (Å²) in [7, 11) is 0. The third-order valence-corrected chi connectivity index (χ3v) is 4.72. The van der Waals surface area contributed by atoms with Crippen LogP contribution in [-0.4, -0.2) is 25.2 Å². The van der Waals surface area contributed by atoms with Crippen molar-refractivity contribution < 1.29 is 0 Å². The van der Waals surface area contributed by atoms with Gasteiger partial charge >= 0.3 is 0 Å². The first kappa shape index (κ1) is 15.0. The molecule has 0 spiro atoms. The molecule has 2 aromatic rings. The number of anilines is 2. The molecule has 3 rings (SSSR count). The average Bonchev–Trinajstić information content (AvgIpc) is 2.51. The van der Waals surface area contributed by atoms with Crippen LogP contribution >= 0.6 is 0 Å². The van der Waals surface area contributed by atoms with Crippen LogP contribution < -0.4 is 9.80 Å². The van der Waals surface area contributed by atoms with Gasteiger partial charge < -0.3 is 9.80 Å². The Morgan fingerprint density at radius 1 is 0.636 bits per heavy atom. The van der Waals surface area contributed by atoms with Crippen LogP contribution in [0.3, 0.4) is 0 Å². The lowest BCUT2D eigenvalue weighted by molar-refractivity contribution is 0.481. The smallest absolute Gasteiger partial charge is 0.0438 e. The van der Waals surface area contributed by atoms with E-state index in [4.69, 9.17) is 0 Å². The molecule has 116 valence electrons. The standard InChI is InChI=1S/C20H26N2/c1-15-5-9-19(10-6-15)21-13-18(4)22(14-17(21)3)20-11-7-16(2)8-12-20/h5-12,17-18H,13-14H2,1-4H3/t17-,18+. The Bertz CT molecular complexity index is 558. The Labute approximate surface area is 134 Å². The van der Waals surface area contributed by atoms with Gasteiger partial charge in [0.15, 0.2) is 0 Å². The topological polar surface area (TPSA) is 6.48 Å². The van der Waals surface area contributed by atoms with Crippen LogP contribution in [0.1, 0.15) is 25.0 Å². The van der Waals surface area contributed by atoms with E-state index >= 15 is 0 Å². The molecule has 0 saturated carbocycles. The highest BCUT2D eigenvalue weighted by atomic mass is 15.3. The number of aryl methyl sites for hydroxylation is 2. The van der Waals surface area contributed by atoms with Gasteiger partial charge in [0.05, 0.1) is 0 Å². The molecule has 1 aliphatic heterocycles. The van der Waals surface area contributed by atoms with E-state index in [0.717, 1.165) is 13.1 Å². The summed E-state index contributed by atoms with van der Waals surface area (Å²) in [4.78, 5) is 5.07. The second-order valence-corrected chi connectivity index (χ2v) is 6.67. The van der Waals surface area contributed by atoms with Gasteiger partial charge in [-0.25, -0.2) is 0 Å². The first-order chi connectivity index (χ1) is 10.5. The van der Waals surface area contributed by atoms with E-state index in [-0.39, 0.29) is 0 Å². The summed E-state index contributed by atoms with van der Waals surface area (Å²) >= 11 is 0. The SMILES string of the molecule is Cc1ccc(N2C[C@H](C)N(c3ccc(C)cc3)C[C@H]2C)cc1. The van der Waals surface area contributed by atoms with Crippen LogP contribution in [0.15, 0.2) is 48.5 Å². The lowest BCUT2D eigenvalue weighted by Crippen LogP contribution is -2.56. The zero-order valence-corrected chi connectivity index (χ0v) is 14.1. The maximum atomic E-state index is 2.54. The summed E-state index contributed by atoms with van der Waals surface area (Å²) in [5.74, 6) is 0. The summed E-state index contributed by atoms with van der Waals surface area (Å²) in [6.45, 7) is 11.1. The minimum Gasteiger partial charge on any atom is -0.365 e. The van der Waals surface area contributed by atoms with Crippen molar-refractivity contribution in [2.75, 3.05) is 22.9 Å². The average molecular weight is 294 g/mol. The third kappa shape index (κ3) is 2.96. The van der Waals surface area contributed by atoms with Gasteiger partial charge in [-0.3, -0.25) is 0 Å². The van der Waals surface area contributed by atoms with Gasteiger partial charge in [-0.1, -0.05) is 35.4 Å². The van der Waals surface area contributed by atoms with E-state index in [0.29, 0.717) is 12.1 Å². The first-order valence-electron chi connectivity index (χ1n) is 8.21. The van der Waals surface area contributed by atoms with E-state index in [1.165, 1.54) is 22.5 Å². The number of rotatable bonds is 2. The fourth-order valence-electron chi connectivity index (χ4n) is 3.32. The Morgan fingerprint density at radius 2 is 0.955 bits per heavy atom. The molecule has 2 nitrogen and oxygen atoms in total. The van der Waals surface area contributed by atoms with E-state index < -0.39 is 0 Å². The van der Waals surface area contributed by atoms with E-state index in [9.17, 15) is 0 Å². The van der Waals surface area contributed by atoms with E-state index in [1.54, 1.807) is 0 Å². The summed E-state index contributed by atoms with van der Waals surface area (Å²) in [5, 5.41) is 0. The lowest BCUT2D eigenvalue weighted by atomic mass is 10.0. The maximum Gasteiger partial charge on any atom is 0.0438 e. The highest BCUT2D eigenvalue weighted by Crippen LogP contribution is 2.27. The van der Waals surface area contributed by atoms with Gasteiger partial charge in [-0.05, 0) is 52.0 Å². The van der Waals surface area contributed by atoms with Crippen molar-refractivity contribution in [2.45, 2.75) is 39.8 Å². The molecule has 2 atom stereocenters. The quantitative estimate of drug-likeness (QED) is 0.809. The molecule has 22 heavy (non-hydrogen) atoms. The van der Waals surface area contributed by atoms with Crippen molar-refractivity contribution in [2.24, 2.45) is 0 Å². The van der Waals surface area contributed by atoms with Crippen LogP contribution in [0.4, 0.5) is 11.4 Å². The van der Waals surface area contributed by atoms with Gasteiger partial charge in [-0.2, -0.15) is 0 Å². The molecular weight excluding hydrogens is 268 g/mol. The van der Waals surface area contributed by atoms with E-state index in [2.05, 4.69) is 86.0 Å². The number of hydrogen-bond acceptors (Lipinski definition) is 2. The van der Waals surface area contributed by atoms with Crippen molar-refractivity contribution in [1.82, 2.24) is 0 Å². The normalized spacial score (nSPS) is 22.0. The Morgan fingerprint density at radius 3 is 1.27 bits per heavy atom. The first-order valence-corrected chi connectivity index (χ1v) is 8.21. The van der Waals surface area contributed by atoms with Gasteiger partial charge in [0, 0.05) is 36.5 Å². The van der Waals surface area contributed by atoms with Gasteiger partial charge in [0.2, 0.25) is 0 Å². The fraction of sp³-hybridized carbons (Fsp3) is 0.400. The molecule has 0 unspecified atom stereocenters. The number of hydrogen-bond donors (Lipinski definition) is 0. The molecule has 2 heteroatoms. The maximum absolute atomic E-state index is 2.54. The minimum absolute atomic E-state index is 0.514. The van der Waals surface area contributed by atoms with Crippen molar-refractivity contribution in [3.8, 4) is 0 Å². The molecule has 0 N–H and O–H groups in total. The monoisotopic (exact) mass is 294 g/mol. The molecule has 1 fully saturated rings. The van der Waals surface area contributed by atoms with Crippen LogP contribution in [0.2, 0.25) is 0 Å². The summed E-state index contributed by atoms with van der Waals surface area (Å²) in [6, 6.07) is 18.9. The summed E-state index contributed by atoms with van der Waals surface area (Å²) in [5.41, 5.74) is 5.33. The van der Waals surface area contributed by atoms with Gasteiger partial charge in [0.1, 0.15) is 0 Å². The predicted octanol–water partition coefficient (Wildman–Crippen LogP) is 4.41. The fourth-order valence-corrected chi connectivity index (χ4v) is 3.32. The summed E-state index contributed by atoms with van der Waals surface area (Å²) in [6.07, 6.45) is 0. The molecule has 2 aromatic carbocycles. The van der Waals surface area contributed by atoms with Crippen molar-refractivity contribution in [3.63, 3.8) is 0 Å². The van der Waals surface area contributed by atoms with Gasteiger partial charge in [-0.15, -0.1) is 0 Å². The van der Waals surface area contributed by atoms with Crippen molar-refractivity contribution in [3.05, 3.63) is 59.7 Å². The van der Waals surface area contributed by atoms with Gasteiger partial charge in [0.25, 0.3) is 0 Å². The van der Waals surface area contributed by atoms with Crippen LogP contribution in [0.5, 0.6) is 0 Å². The highest BCUT2D eigenvalue weighted by molar-refractivity contribution is 5.54. The Balaban J connectivity index is 1.79. The molecule has 1 aliphatic rings. The zero-order chi connectivity index (χ0) is 15.7. The van der Waals surface area contributed by atoms with Crippen LogP contribution in [-0.2, 0) is 0 Å².